The van der Waals surface area contributed by atoms with Crippen molar-refractivity contribution < 1.29 is 34.4 Å². The summed E-state index contributed by atoms with van der Waals surface area (Å²) in [5.41, 5.74) is -1.82. The van der Waals surface area contributed by atoms with Gasteiger partial charge in [-0.3, -0.25) is 4.79 Å². The molecular formula is C27H38O7S. The fourth-order valence-electron chi connectivity index (χ4n) is 3.57. The monoisotopic (exact) mass is 506 g/mol. The highest BCUT2D eigenvalue weighted by atomic mass is 32.1. The van der Waals surface area contributed by atoms with Crippen molar-refractivity contribution >= 4 is 29.9 Å². The van der Waals surface area contributed by atoms with Crippen molar-refractivity contribution in [3.8, 4) is 0 Å². The second-order valence-corrected chi connectivity index (χ2v) is 10.2. The van der Waals surface area contributed by atoms with Crippen LogP contribution in [-0.4, -0.2) is 51.7 Å². The molecule has 194 valence electrons. The molecule has 0 aliphatic carbocycles. The van der Waals surface area contributed by atoms with Crippen LogP contribution in [0.4, 0.5) is 0 Å². The quantitative estimate of drug-likeness (QED) is 0.143. The lowest BCUT2D eigenvalue weighted by Crippen LogP contribution is -2.41. The molecule has 7 nitrogen and oxygen atoms in total. The van der Waals surface area contributed by atoms with Gasteiger partial charge >= 0.3 is 5.97 Å². The molecule has 1 rings (SSSR count). The maximum Gasteiger partial charge on any atom is 0.303 e. The molecule has 0 aromatic carbocycles. The van der Waals surface area contributed by atoms with E-state index in [0.717, 1.165) is 16.7 Å². The zero-order chi connectivity index (χ0) is 26.6. The molecule has 0 spiro atoms. The van der Waals surface area contributed by atoms with Crippen LogP contribution in [0.2, 0.25) is 0 Å². The molecule has 3 N–H and O–H groups in total. The van der Waals surface area contributed by atoms with Gasteiger partial charge in [0.2, 0.25) is 0 Å². The Bertz CT molecular complexity index is 897. The number of carbonyl (C=O) groups excluding carboxylic acids is 3. The first-order valence-corrected chi connectivity index (χ1v) is 12.5. The average molecular weight is 507 g/mol. The number of aldehydes is 2. The summed E-state index contributed by atoms with van der Waals surface area (Å²) >= 11 is 1.45. The predicted molar refractivity (Wildman–Crippen MR) is 137 cm³/mol. The van der Waals surface area contributed by atoms with Crippen molar-refractivity contribution in [2.45, 2.75) is 77.3 Å². The fraction of sp³-hybridized carbons (Fsp3) is 0.519. The van der Waals surface area contributed by atoms with E-state index < -0.39 is 35.3 Å². The number of carbonyl (C=O) groups is 3. The van der Waals surface area contributed by atoms with Crippen molar-refractivity contribution in [2.75, 3.05) is 0 Å². The van der Waals surface area contributed by atoms with E-state index in [0.29, 0.717) is 6.29 Å². The van der Waals surface area contributed by atoms with Crippen LogP contribution in [0.5, 0.6) is 0 Å². The van der Waals surface area contributed by atoms with E-state index >= 15 is 0 Å². The van der Waals surface area contributed by atoms with Gasteiger partial charge in [-0.25, -0.2) is 0 Å². The Morgan fingerprint density at radius 2 is 1.89 bits per heavy atom. The summed E-state index contributed by atoms with van der Waals surface area (Å²) < 4.78 is 5.30. The van der Waals surface area contributed by atoms with Crippen molar-refractivity contribution in [2.24, 2.45) is 11.8 Å². The highest BCUT2D eigenvalue weighted by Crippen LogP contribution is 2.28. The molecule has 0 bridgehead atoms. The smallest absolute Gasteiger partial charge is 0.303 e. The first-order valence-electron chi connectivity index (χ1n) is 11.6. The number of rotatable bonds is 15. The largest absolute Gasteiger partial charge is 0.455 e. The summed E-state index contributed by atoms with van der Waals surface area (Å²) in [7, 11) is 0. The molecule has 1 aromatic rings. The van der Waals surface area contributed by atoms with Gasteiger partial charge in [0, 0.05) is 24.1 Å². The predicted octanol–water partition coefficient (Wildman–Crippen LogP) is 3.88. The van der Waals surface area contributed by atoms with Crippen molar-refractivity contribution in [3.05, 3.63) is 58.3 Å². The molecule has 0 fully saturated rings. The molecule has 0 radical (unpaired) electrons. The van der Waals surface area contributed by atoms with Crippen molar-refractivity contribution in [3.63, 3.8) is 0 Å². The van der Waals surface area contributed by atoms with Crippen LogP contribution >= 0.6 is 11.3 Å². The van der Waals surface area contributed by atoms with Gasteiger partial charge in [0.15, 0.2) is 0 Å². The van der Waals surface area contributed by atoms with Crippen molar-refractivity contribution in [1.29, 1.82) is 0 Å². The Labute approximate surface area is 211 Å². The summed E-state index contributed by atoms with van der Waals surface area (Å²) in [6.07, 6.45) is 8.21. The lowest BCUT2D eigenvalue weighted by atomic mass is 9.86. The van der Waals surface area contributed by atoms with Crippen LogP contribution < -0.4 is 0 Å². The molecule has 0 saturated carbocycles. The Balaban J connectivity index is 2.96. The molecule has 0 saturated heterocycles. The highest BCUT2D eigenvalue weighted by Gasteiger charge is 2.33. The number of aliphatic hydroxyl groups excluding tert-OH is 1. The SMILES string of the molecule is CC(=O)O[C@H](/C=C/[C@H](C)[C@H](C=O)/C(C)=C/C=C/C(C)(O)c1cccs1)[C@](C)(O)CC[C@@H](O)CC=O. The number of esters is 1. The molecule has 0 aliphatic rings. The zero-order valence-corrected chi connectivity index (χ0v) is 21.9. The lowest BCUT2D eigenvalue weighted by molar-refractivity contribution is -0.156. The standard InChI is InChI=1S/C27H38O7S/c1-19(8-6-14-27(5,33)25-9-7-17-35-25)23(18-29)20(2)10-11-24(34-21(3)30)26(4,32)15-12-22(31)13-16-28/h6-11,14,16-18,20,22-24,31-33H,12-13,15H2,1-5H3/b11-10+,14-6+,19-8+/t20-,22+,23+,24+,26+,27?/m0/s1. The van der Waals surface area contributed by atoms with Gasteiger partial charge in [-0.15, -0.1) is 11.3 Å². The summed E-state index contributed by atoms with van der Waals surface area (Å²) in [4.78, 5) is 34.8. The third kappa shape index (κ3) is 10.4. The highest BCUT2D eigenvalue weighted by molar-refractivity contribution is 7.10. The van der Waals surface area contributed by atoms with Crippen LogP contribution in [-0.2, 0) is 24.7 Å². The normalized spacial score (nSPS) is 19.5. The molecule has 0 amide bonds. The van der Waals surface area contributed by atoms with Gasteiger partial charge in [0.05, 0.1) is 6.10 Å². The van der Waals surface area contributed by atoms with Crippen LogP contribution in [0.25, 0.3) is 0 Å². The van der Waals surface area contributed by atoms with Crippen LogP contribution in [0.3, 0.4) is 0 Å². The van der Waals surface area contributed by atoms with Gasteiger partial charge in [0.25, 0.3) is 0 Å². The fourth-order valence-corrected chi connectivity index (χ4v) is 4.34. The first-order chi connectivity index (χ1) is 16.3. The van der Waals surface area contributed by atoms with E-state index in [1.54, 1.807) is 37.3 Å². The van der Waals surface area contributed by atoms with E-state index in [4.69, 9.17) is 4.74 Å². The number of hydrogen-bond donors (Lipinski definition) is 3. The van der Waals surface area contributed by atoms with E-state index in [9.17, 15) is 29.7 Å². The zero-order valence-electron chi connectivity index (χ0n) is 21.1. The van der Waals surface area contributed by atoms with E-state index in [-0.39, 0.29) is 25.2 Å². The van der Waals surface area contributed by atoms with Gasteiger partial charge < -0.3 is 29.6 Å². The Hall–Kier alpha value is -2.39. The number of hydrogen-bond acceptors (Lipinski definition) is 8. The molecule has 35 heavy (non-hydrogen) atoms. The van der Waals surface area contributed by atoms with Crippen LogP contribution in [0, 0.1) is 11.8 Å². The summed E-state index contributed by atoms with van der Waals surface area (Å²) in [6, 6.07) is 3.72. The van der Waals surface area contributed by atoms with Crippen LogP contribution in [0.15, 0.2) is 53.5 Å². The molecule has 6 atom stereocenters. The Morgan fingerprint density at radius 3 is 2.43 bits per heavy atom. The number of ether oxygens (including phenoxy) is 1. The second kappa shape index (κ2) is 14.2. The maximum absolute atomic E-state index is 11.9. The molecule has 1 heterocycles. The minimum atomic E-state index is -1.48. The number of aliphatic hydroxyl groups is 3. The average Bonchev–Trinajstić information content (AvgIpc) is 3.31. The minimum absolute atomic E-state index is 0.0367. The third-order valence-electron chi connectivity index (χ3n) is 5.89. The maximum atomic E-state index is 11.9. The first kappa shape index (κ1) is 30.6. The van der Waals surface area contributed by atoms with E-state index in [2.05, 4.69) is 0 Å². The van der Waals surface area contributed by atoms with Gasteiger partial charge in [-0.2, -0.15) is 0 Å². The molecular weight excluding hydrogens is 468 g/mol. The Morgan fingerprint density at radius 1 is 1.20 bits per heavy atom. The van der Waals surface area contributed by atoms with Gasteiger partial charge in [-0.1, -0.05) is 36.8 Å². The van der Waals surface area contributed by atoms with Crippen LogP contribution in [0.1, 0.15) is 58.8 Å². The minimum Gasteiger partial charge on any atom is -0.455 e. The summed E-state index contributed by atoms with van der Waals surface area (Å²) in [6.45, 7) is 8.09. The molecule has 8 heteroatoms. The molecule has 0 aliphatic heterocycles. The molecule has 1 aromatic heterocycles. The lowest BCUT2D eigenvalue weighted by Gasteiger charge is -2.31. The van der Waals surface area contributed by atoms with Gasteiger partial charge in [0.1, 0.15) is 29.9 Å². The third-order valence-corrected chi connectivity index (χ3v) is 6.98. The number of allylic oxidation sites excluding steroid dienone is 4. The second-order valence-electron chi connectivity index (χ2n) is 9.28. The van der Waals surface area contributed by atoms with E-state index in [1.165, 1.54) is 25.2 Å². The van der Waals surface area contributed by atoms with Gasteiger partial charge in [-0.05, 0) is 63.1 Å². The molecule has 1 unspecified atom stereocenters. The van der Waals surface area contributed by atoms with Crippen molar-refractivity contribution in [1.82, 2.24) is 0 Å². The number of thiophene rings is 1. The Kier molecular flexibility index (Phi) is 12.5. The summed E-state index contributed by atoms with van der Waals surface area (Å²) in [5, 5.41) is 33.2. The topological polar surface area (TPSA) is 121 Å². The summed E-state index contributed by atoms with van der Waals surface area (Å²) in [5.74, 6) is -1.32. The van der Waals surface area contributed by atoms with E-state index in [1.807, 2.05) is 31.4 Å².